The Labute approximate surface area is 133 Å². The second-order valence-electron chi connectivity index (χ2n) is 5.50. The summed E-state index contributed by atoms with van der Waals surface area (Å²) < 4.78 is 0. The van der Waals surface area contributed by atoms with Crippen molar-refractivity contribution < 1.29 is 4.79 Å². The van der Waals surface area contributed by atoms with E-state index in [4.69, 9.17) is 0 Å². The van der Waals surface area contributed by atoms with E-state index in [1.165, 1.54) is 10.8 Å². The van der Waals surface area contributed by atoms with Gasteiger partial charge in [0.1, 0.15) is 0 Å². The minimum atomic E-state index is -0.123. The standard InChI is InChI=1S/C19H15N3O/c23-19(16-10-18-17(21-12-16)7-8-20-18)22-11-13-5-6-14-3-1-2-4-15(14)9-13/h1-10,12,20H,11H2,(H,22,23). The number of fused-ring (bicyclic) bond motifs is 2. The minimum Gasteiger partial charge on any atom is -0.360 e. The van der Waals surface area contributed by atoms with Crippen LogP contribution in [-0.2, 0) is 6.54 Å². The van der Waals surface area contributed by atoms with Crippen LogP contribution < -0.4 is 5.32 Å². The van der Waals surface area contributed by atoms with E-state index in [1.54, 1.807) is 6.20 Å². The Hall–Kier alpha value is -3.14. The Balaban J connectivity index is 1.51. The first kappa shape index (κ1) is 13.5. The summed E-state index contributed by atoms with van der Waals surface area (Å²) in [5, 5.41) is 5.32. The van der Waals surface area contributed by atoms with Gasteiger partial charge >= 0.3 is 0 Å². The summed E-state index contributed by atoms with van der Waals surface area (Å²) in [4.78, 5) is 19.6. The van der Waals surface area contributed by atoms with Gasteiger partial charge in [0.25, 0.3) is 5.91 Å². The van der Waals surface area contributed by atoms with Crippen LogP contribution in [0.4, 0.5) is 0 Å². The highest BCUT2D eigenvalue weighted by Crippen LogP contribution is 2.16. The number of hydrogen-bond acceptors (Lipinski definition) is 2. The van der Waals surface area contributed by atoms with Crippen molar-refractivity contribution in [2.75, 3.05) is 0 Å². The Bertz CT molecular complexity index is 1000. The lowest BCUT2D eigenvalue weighted by Gasteiger charge is -2.07. The Morgan fingerprint density at radius 2 is 1.91 bits per heavy atom. The molecule has 0 aliphatic carbocycles. The highest BCUT2D eigenvalue weighted by molar-refractivity contribution is 5.96. The molecule has 2 aromatic carbocycles. The first-order valence-electron chi connectivity index (χ1n) is 7.49. The zero-order valence-corrected chi connectivity index (χ0v) is 12.4. The number of nitrogens with one attached hydrogen (secondary N) is 2. The summed E-state index contributed by atoms with van der Waals surface area (Å²) in [6.45, 7) is 0.492. The average Bonchev–Trinajstić information content (AvgIpc) is 3.07. The van der Waals surface area contributed by atoms with Gasteiger partial charge in [-0.25, -0.2) is 0 Å². The van der Waals surface area contributed by atoms with Gasteiger partial charge < -0.3 is 10.3 Å². The molecule has 1 amide bonds. The molecule has 0 bridgehead atoms. The van der Waals surface area contributed by atoms with Gasteiger partial charge in [0, 0.05) is 18.9 Å². The van der Waals surface area contributed by atoms with Crippen LogP contribution >= 0.6 is 0 Å². The Kier molecular flexibility index (Phi) is 3.27. The monoisotopic (exact) mass is 301 g/mol. The van der Waals surface area contributed by atoms with Crippen LogP contribution in [0.5, 0.6) is 0 Å². The number of rotatable bonds is 3. The first-order valence-corrected chi connectivity index (χ1v) is 7.49. The predicted octanol–water partition coefficient (Wildman–Crippen LogP) is 3.65. The van der Waals surface area contributed by atoms with Gasteiger partial charge in [-0.05, 0) is 34.5 Å². The molecule has 2 heterocycles. The fourth-order valence-electron chi connectivity index (χ4n) is 2.69. The van der Waals surface area contributed by atoms with Gasteiger partial charge in [0.05, 0.1) is 16.6 Å². The largest absolute Gasteiger partial charge is 0.360 e. The molecule has 0 atom stereocenters. The molecule has 4 rings (SSSR count). The summed E-state index contributed by atoms with van der Waals surface area (Å²) in [6, 6.07) is 18.1. The van der Waals surface area contributed by atoms with E-state index in [1.807, 2.05) is 36.5 Å². The van der Waals surface area contributed by atoms with Crippen molar-refractivity contribution in [3.63, 3.8) is 0 Å². The molecule has 0 saturated carbocycles. The van der Waals surface area contributed by atoms with E-state index in [0.29, 0.717) is 12.1 Å². The van der Waals surface area contributed by atoms with Gasteiger partial charge in [-0.2, -0.15) is 0 Å². The van der Waals surface area contributed by atoms with Crippen molar-refractivity contribution in [1.29, 1.82) is 0 Å². The normalized spacial score (nSPS) is 11.0. The van der Waals surface area contributed by atoms with Crippen LogP contribution in [0, 0.1) is 0 Å². The average molecular weight is 301 g/mol. The maximum absolute atomic E-state index is 12.3. The maximum Gasteiger partial charge on any atom is 0.253 e. The number of carbonyl (C=O) groups excluding carboxylic acids is 1. The van der Waals surface area contributed by atoms with E-state index < -0.39 is 0 Å². The lowest BCUT2D eigenvalue weighted by molar-refractivity contribution is 0.0950. The number of benzene rings is 2. The van der Waals surface area contributed by atoms with E-state index in [-0.39, 0.29) is 5.91 Å². The number of aromatic nitrogens is 2. The van der Waals surface area contributed by atoms with Crippen molar-refractivity contribution >= 4 is 27.7 Å². The van der Waals surface area contributed by atoms with Gasteiger partial charge in [0.2, 0.25) is 0 Å². The van der Waals surface area contributed by atoms with Crippen LogP contribution in [0.3, 0.4) is 0 Å². The third kappa shape index (κ3) is 2.66. The van der Waals surface area contributed by atoms with Crippen molar-refractivity contribution in [2.45, 2.75) is 6.54 Å². The molecule has 2 aromatic heterocycles. The van der Waals surface area contributed by atoms with Gasteiger partial charge in [-0.1, -0.05) is 36.4 Å². The summed E-state index contributed by atoms with van der Waals surface area (Å²) in [5.41, 5.74) is 3.35. The molecule has 0 spiro atoms. The third-order valence-electron chi connectivity index (χ3n) is 3.93. The minimum absolute atomic E-state index is 0.123. The SMILES string of the molecule is O=C(NCc1ccc2ccccc2c1)c1cnc2cc[nH]c2c1. The number of hydrogen-bond donors (Lipinski definition) is 2. The molecule has 112 valence electrons. The molecule has 4 nitrogen and oxygen atoms in total. The van der Waals surface area contributed by atoms with Crippen molar-refractivity contribution in [2.24, 2.45) is 0 Å². The van der Waals surface area contributed by atoms with Crippen molar-refractivity contribution in [1.82, 2.24) is 15.3 Å². The lowest BCUT2D eigenvalue weighted by atomic mass is 10.1. The number of nitrogens with zero attached hydrogens (tertiary/aromatic N) is 1. The Morgan fingerprint density at radius 3 is 2.83 bits per heavy atom. The van der Waals surface area contributed by atoms with Crippen molar-refractivity contribution in [3.8, 4) is 0 Å². The van der Waals surface area contributed by atoms with Crippen LogP contribution in [0.15, 0.2) is 67.0 Å². The Morgan fingerprint density at radius 1 is 1.04 bits per heavy atom. The first-order chi connectivity index (χ1) is 11.3. The van der Waals surface area contributed by atoms with Gasteiger partial charge in [0.15, 0.2) is 0 Å². The number of carbonyl (C=O) groups is 1. The van der Waals surface area contributed by atoms with Crippen LogP contribution in [-0.4, -0.2) is 15.9 Å². The summed E-state index contributed by atoms with van der Waals surface area (Å²) >= 11 is 0. The zero-order chi connectivity index (χ0) is 15.6. The molecule has 0 fully saturated rings. The van der Waals surface area contributed by atoms with E-state index >= 15 is 0 Å². The van der Waals surface area contributed by atoms with Crippen LogP contribution in [0.2, 0.25) is 0 Å². The molecule has 0 saturated heterocycles. The van der Waals surface area contributed by atoms with Crippen molar-refractivity contribution in [3.05, 3.63) is 78.1 Å². The highest BCUT2D eigenvalue weighted by atomic mass is 16.1. The fraction of sp³-hybridized carbons (Fsp3) is 0.0526. The molecule has 0 unspecified atom stereocenters. The number of amides is 1. The summed E-state index contributed by atoms with van der Waals surface area (Å²) in [5.74, 6) is -0.123. The fourth-order valence-corrected chi connectivity index (χ4v) is 2.69. The van der Waals surface area contributed by atoms with Gasteiger partial charge in [-0.15, -0.1) is 0 Å². The molecule has 4 heteroatoms. The van der Waals surface area contributed by atoms with Gasteiger partial charge in [-0.3, -0.25) is 9.78 Å². The second-order valence-corrected chi connectivity index (χ2v) is 5.50. The molecular weight excluding hydrogens is 286 g/mol. The summed E-state index contributed by atoms with van der Waals surface area (Å²) in [7, 11) is 0. The zero-order valence-electron chi connectivity index (χ0n) is 12.4. The lowest BCUT2D eigenvalue weighted by Crippen LogP contribution is -2.22. The molecule has 23 heavy (non-hydrogen) atoms. The molecule has 4 aromatic rings. The maximum atomic E-state index is 12.3. The molecule has 0 radical (unpaired) electrons. The van der Waals surface area contributed by atoms with E-state index in [2.05, 4.69) is 39.6 Å². The smallest absolute Gasteiger partial charge is 0.253 e. The van der Waals surface area contributed by atoms with Crippen LogP contribution in [0.25, 0.3) is 21.8 Å². The van der Waals surface area contributed by atoms with E-state index in [0.717, 1.165) is 16.6 Å². The van der Waals surface area contributed by atoms with E-state index in [9.17, 15) is 4.79 Å². The molecule has 0 aliphatic rings. The third-order valence-corrected chi connectivity index (χ3v) is 3.93. The quantitative estimate of drug-likeness (QED) is 0.607. The second kappa shape index (κ2) is 5.57. The number of aromatic amines is 1. The molecule has 0 aliphatic heterocycles. The summed E-state index contributed by atoms with van der Waals surface area (Å²) in [6.07, 6.45) is 3.42. The highest BCUT2D eigenvalue weighted by Gasteiger charge is 2.07. The number of H-pyrrole nitrogens is 1. The predicted molar refractivity (Wildman–Crippen MR) is 91.2 cm³/mol. The topological polar surface area (TPSA) is 57.8 Å². The van der Waals surface area contributed by atoms with Crippen LogP contribution in [0.1, 0.15) is 15.9 Å². The molecular formula is C19H15N3O. The number of pyridine rings is 1. The molecule has 2 N–H and O–H groups in total.